The number of ether oxygens (including phenoxy) is 1. The molecule has 18 heavy (non-hydrogen) atoms. The van der Waals surface area contributed by atoms with Gasteiger partial charge in [-0.05, 0) is 56.3 Å². The van der Waals surface area contributed by atoms with Crippen molar-refractivity contribution in [3.8, 4) is 0 Å². The Balaban J connectivity index is 1.35. The third-order valence-electron chi connectivity index (χ3n) is 6.67. The Hall–Kier alpha value is -0.0800. The molecule has 6 unspecified atom stereocenters. The van der Waals surface area contributed by atoms with Crippen molar-refractivity contribution < 1.29 is 4.74 Å². The van der Waals surface area contributed by atoms with Crippen molar-refractivity contribution in [3.63, 3.8) is 0 Å². The molecule has 2 nitrogen and oxygen atoms in total. The molecular weight excluding hydrogens is 222 g/mol. The van der Waals surface area contributed by atoms with Crippen molar-refractivity contribution in [2.75, 3.05) is 6.61 Å². The van der Waals surface area contributed by atoms with Crippen LogP contribution in [0.2, 0.25) is 0 Å². The van der Waals surface area contributed by atoms with E-state index in [1.807, 2.05) is 0 Å². The fourth-order valence-corrected chi connectivity index (χ4v) is 5.43. The van der Waals surface area contributed by atoms with Crippen LogP contribution in [0.4, 0.5) is 0 Å². The van der Waals surface area contributed by atoms with Gasteiger partial charge in [-0.2, -0.15) is 0 Å². The first-order valence-electron chi connectivity index (χ1n) is 8.00. The largest absolute Gasteiger partial charge is 0.378 e. The van der Waals surface area contributed by atoms with Crippen LogP contribution in [-0.4, -0.2) is 24.8 Å². The summed E-state index contributed by atoms with van der Waals surface area (Å²) in [6, 6.07) is 1.58. The summed E-state index contributed by atoms with van der Waals surface area (Å²) in [7, 11) is 0. The summed E-state index contributed by atoms with van der Waals surface area (Å²) in [4.78, 5) is 0. The standard InChI is InChI=1S/C16H27NO/c1-4-18-12-8-11(16(12,2)3)17-15-13-9-5-6-10(7-9)14(13)15/h9-15,17H,4-8H2,1-3H3. The van der Waals surface area contributed by atoms with Gasteiger partial charge in [0.1, 0.15) is 0 Å². The smallest absolute Gasteiger partial charge is 0.0655 e. The molecule has 4 aliphatic carbocycles. The highest BCUT2D eigenvalue weighted by atomic mass is 16.5. The van der Waals surface area contributed by atoms with Gasteiger partial charge in [0.25, 0.3) is 0 Å². The van der Waals surface area contributed by atoms with Crippen molar-refractivity contribution in [1.29, 1.82) is 0 Å². The summed E-state index contributed by atoms with van der Waals surface area (Å²) in [5, 5.41) is 3.99. The average molecular weight is 249 g/mol. The van der Waals surface area contributed by atoms with Gasteiger partial charge in [0.15, 0.2) is 0 Å². The first-order valence-corrected chi connectivity index (χ1v) is 8.00. The monoisotopic (exact) mass is 249 g/mol. The molecule has 4 saturated carbocycles. The zero-order valence-corrected chi connectivity index (χ0v) is 12.0. The summed E-state index contributed by atoms with van der Waals surface area (Å²) in [6.45, 7) is 7.72. The molecule has 0 saturated heterocycles. The highest BCUT2D eigenvalue weighted by molar-refractivity contribution is 5.19. The van der Waals surface area contributed by atoms with Crippen molar-refractivity contribution in [2.24, 2.45) is 29.1 Å². The number of fused-ring (bicyclic) bond motifs is 5. The van der Waals surface area contributed by atoms with Crippen LogP contribution < -0.4 is 5.32 Å². The van der Waals surface area contributed by atoms with Gasteiger partial charge >= 0.3 is 0 Å². The molecule has 2 heteroatoms. The second-order valence-electron chi connectivity index (χ2n) is 7.73. The lowest BCUT2D eigenvalue weighted by Crippen LogP contribution is -2.61. The summed E-state index contributed by atoms with van der Waals surface area (Å²) in [5.74, 6) is 4.29. The fraction of sp³-hybridized carbons (Fsp3) is 1.00. The van der Waals surface area contributed by atoms with Gasteiger partial charge in [-0.3, -0.25) is 0 Å². The highest BCUT2D eigenvalue weighted by Gasteiger charge is 2.66. The van der Waals surface area contributed by atoms with Gasteiger partial charge in [0.05, 0.1) is 6.10 Å². The molecule has 0 spiro atoms. The predicted octanol–water partition coefficient (Wildman–Crippen LogP) is 2.82. The lowest BCUT2D eigenvalue weighted by atomic mass is 9.64. The Labute approximate surface area is 111 Å². The zero-order valence-electron chi connectivity index (χ0n) is 12.0. The van der Waals surface area contributed by atoms with E-state index < -0.39 is 0 Å². The Bertz CT molecular complexity index is 337. The third kappa shape index (κ3) is 1.42. The summed E-state index contributed by atoms with van der Waals surface area (Å²) in [6.07, 6.45) is 6.32. The molecule has 102 valence electrons. The Morgan fingerprint density at radius 3 is 2.33 bits per heavy atom. The van der Waals surface area contributed by atoms with E-state index in [-0.39, 0.29) is 0 Å². The Kier molecular flexibility index (Phi) is 2.43. The summed E-state index contributed by atoms with van der Waals surface area (Å²) < 4.78 is 5.83. The molecule has 0 aliphatic heterocycles. The van der Waals surface area contributed by atoms with Gasteiger partial charge in [-0.25, -0.2) is 0 Å². The van der Waals surface area contributed by atoms with Gasteiger partial charge in [0, 0.05) is 24.1 Å². The van der Waals surface area contributed by atoms with Crippen LogP contribution >= 0.6 is 0 Å². The first-order chi connectivity index (χ1) is 8.63. The normalized spacial score (nSPS) is 55.2. The first kappa shape index (κ1) is 11.7. The van der Waals surface area contributed by atoms with Crippen LogP contribution in [0.1, 0.15) is 46.5 Å². The fourth-order valence-electron chi connectivity index (χ4n) is 5.43. The number of hydrogen-bond donors (Lipinski definition) is 1. The quantitative estimate of drug-likeness (QED) is 0.827. The minimum atomic E-state index is 0.339. The van der Waals surface area contributed by atoms with E-state index in [9.17, 15) is 0 Å². The molecule has 0 heterocycles. The minimum Gasteiger partial charge on any atom is -0.378 e. The van der Waals surface area contributed by atoms with Crippen LogP contribution in [0.25, 0.3) is 0 Å². The maximum absolute atomic E-state index is 5.83. The van der Waals surface area contributed by atoms with Gasteiger partial charge in [0.2, 0.25) is 0 Å². The maximum atomic E-state index is 5.83. The molecule has 0 aromatic heterocycles. The number of hydrogen-bond acceptors (Lipinski definition) is 2. The predicted molar refractivity (Wildman–Crippen MR) is 72.3 cm³/mol. The molecule has 0 amide bonds. The average Bonchev–Trinajstić information content (AvgIpc) is 2.73. The molecule has 4 aliphatic rings. The van der Waals surface area contributed by atoms with Crippen molar-refractivity contribution in [2.45, 2.75) is 64.6 Å². The van der Waals surface area contributed by atoms with Crippen LogP contribution in [-0.2, 0) is 4.74 Å². The SMILES string of the molecule is CCOC1CC(NC2C3C4CCC(C4)C23)C1(C)C. The van der Waals surface area contributed by atoms with Crippen molar-refractivity contribution in [1.82, 2.24) is 5.32 Å². The zero-order chi connectivity index (χ0) is 12.5. The molecular formula is C16H27NO. The highest BCUT2D eigenvalue weighted by Crippen LogP contribution is 2.66. The molecule has 4 rings (SSSR count). The summed E-state index contributed by atoms with van der Waals surface area (Å²) >= 11 is 0. The van der Waals surface area contributed by atoms with E-state index in [0.717, 1.165) is 36.3 Å². The molecule has 1 N–H and O–H groups in total. The van der Waals surface area contributed by atoms with Crippen LogP contribution in [0, 0.1) is 29.1 Å². The summed E-state index contributed by atoms with van der Waals surface area (Å²) in [5.41, 5.74) is 0.339. The second-order valence-corrected chi connectivity index (χ2v) is 7.73. The topological polar surface area (TPSA) is 21.3 Å². The van der Waals surface area contributed by atoms with Crippen LogP contribution in [0.15, 0.2) is 0 Å². The minimum absolute atomic E-state index is 0.339. The van der Waals surface area contributed by atoms with E-state index in [2.05, 4.69) is 26.1 Å². The Morgan fingerprint density at radius 1 is 1.11 bits per heavy atom. The van der Waals surface area contributed by atoms with Gasteiger partial charge in [-0.15, -0.1) is 0 Å². The second kappa shape index (κ2) is 3.73. The lowest BCUT2D eigenvalue weighted by molar-refractivity contribution is -0.115. The van der Waals surface area contributed by atoms with E-state index in [4.69, 9.17) is 4.74 Å². The van der Waals surface area contributed by atoms with Crippen molar-refractivity contribution in [3.05, 3.63) is 0 Å². The molecule has 4 fully saturated rings. The van der Waals surface area contributed by atoms with E-state index >= 15 is 0 Å². The number of nitrogens with one attached hydrogen (secondary N) is 1. The molecule has 0 radical (unpaired) electrons. The maximum Gasteiger partial charge on any atom is 0.0655 e. The molecule has 0 aromatic rings. The molecule has 6 atom stereocenters. The molecule has 0 aromatic carbocycles. The lowest BCUT2D eigenvalue weighted by Gasteiger charge is -2.52. The van der Waals surface area contributed by atoms with Crippen molar-refractivity contribution >= 4 is 0 Å². The Morgan fingerprint density at radius 2 is 1.78 bits per heavy atom. The third-order valence-corrected chi connectivity index (χ3v) is 6.67. The van der Waals surface area contributed by atoms with Crippen LogP contribution in [0.5, 0.6) is 0 Å². The van der Waals surface area contributed by atoms with E-state index in [1.54, 1.807) is 6.42 Å². The van der Waals surface area contributed by atoms with Crippen LogP contribution in [0.3, 0.4) is 0 Å². The van der Waals surface area contributed by atoms with Gasteiger partial charge in [-0.1, -0.05) is 13.8 Å². The molecule has 2 bridgehead atoms. The number of rotatable bonds is 4. The van der Waals surface area contributed by atoms with E-state index in [0.29, 0.717) is 17.6 Å². The van der Waals surface area contributed by atoms with Gasteiger partial charge < -0.3 is 10.1 Å². The van der Waals surface area contributed by atoms with E-state index in [1.165, 1.54) is 19.3 Å².